The van der Waals surface area contributed by atoms with E-state index in [4.69, 9.17) is 0 Å². The Morgan fingerprint density at radius 2 is 1.00 bits per heavy atom. The van der Waals surface area contributed by atoms with Gasteiger partial charge in [0.05, 0.1) is 0 Å². The van der Waals surface area contributed by atoms with Crippen molar-refractivity contribution in [2.24, 2.45) is 11.8 Å². The molecule has 0 amide bonds. The molecular weight excluding hydrogens is 429 g/mol. The van der Waals surface area contributed by atoms with Gasteiger partial charge in [-0.15, -0.1) is 0 Å². The second-order valence-electron chi connectivity index (χ2n) is 9.98. The first-order valence-electron chi connectivity index (χ1n) is 12.3. The van der Waals surface area contributed by atoms with Crippen molar-refractivity contribution < 1.29 is 13.2 Å². The predicted molar refractivity (Wildman–Crippen MR) is 138 cm³/mol. The summed E-state index contributed by atoms with van der Waals surface area (Å²) >= 11 is 0. The fourth-order valence-electron chi connectivity index (χ4n) is 3.88. The maximum atomic E-state index is 13.6. The topological polar surface area (TPSA) is 0 Å². The maximum Gasteiger partial charge on any atom is 0.129 e. The summed E-state index contributed by atoms with van der Waals surface area (Å²) in [6.45, 7) is 12.1. The maximum absolute atomic E-state index is 13.6. The zero-order chi connectivity index (χ0) is 25.3. The van der Waals surface area contributed by atoms with Crippen LogP contribution in [0.1, 0.15) is 72.9 Å². The van der Waals surface area contributed by atoms with E-state index >= 15 is 0 Å². The average Bonchev–Trinajstić information content (AvgIpc) is 2.79. The van der Waals surface area contributed by atoms with Crippen LogP contribution in [0.4, 0.5) is 13.2 Å². The molecule has 0 radical (unpaired) electrons. The number of rotatable bonds is 2. The first-order chi connectivity index (χ1) is 16.0. The quantitative estimate of drug-likeness (QED) is 0.351. The van der Waals surface area contributed by atoms with E-state index in [9.17, 15) is 13.2 Å². The smallest absolute Gasteiger partial charge is 0.129 e. The van der Waals surface area contributed by atoms with E-state index in [2.05, 4.69) is 52.0 Å². The van der Waals surface area contributed by atoms with E-state index in [1.165, 1.54) is 61.9 Å². The van der Waals surface area contributed by atoms with Gasteiger partial charge in [0.25, 0.3) is 0 Å². The van der Waals surface area contributed by atoms with Crippen molar-refractivity contribution in [3.05, 3.63) is 105 Å². The van der Waals surface area contributed by atoms with Gasteiger partial charge in [0.1, 0.15) is 17.5 Å². The van der Waals surface area contributed by atoms with Gasteiger partial charge in [0.15, 0.2) is 0 Å². The Labute approximate surface area is 204 Å². The summed E-state index contributed by atoms with van der Waals surface area (Å²) in [5.41, 5.74) is 4.33. The fourth-order valence-corrected chi connectivity index (χ4v) is 3.88. The lowest BCUT2D eigenvalue weighted by molar-refractivity contribution is 0.308. The Morgan fingerprint density at radius 3 is 1.41 bits per heavy atom. The molecule has 3 heteroatoms. The Hall–Kier alpha value is -2.55. The van der Waals surface area contributed by atoms with Crippen molar-refractivity contribution in [2.75, 3.05) is 0 Å². The Bertz CT molecular complexity index is 975. The van der Waals surface area contributed by atoms with Gasteiger partial charge in [-0.05, 0) is 74.4 Å². The minimum atomic E-state index is -0.600. The van der Waals surface area contributed by atoms with Crippen molar-refractivity contribution in [3.63, 3.8) is 0 Å². The summed E-state index contributed by atoms with van der Waals surface area (Å²) in [6, 6.07) is 15.8. The van der Waals surface area contributed by atoms with Crippen LogP contribution >= 0.6 is 0 Å². The molecule has 4 rings (SSSR count). The van der Waals surface area contributed by atoms with Gasteiger partial charge in [-0.25, -0.2) is 13.2 Å². The molecule has 0 saturated heterocycles. The van der Waals surface area contributed by atoms with E-state index in [0.29, 0.717) is 11.1 Å². The first kappa shape index (κ1) is 27.7. The third kappa shape index (κ3) is 9.37. The molecular formula is C31H39F3. The largest absolute Gasteiger partial charge is 0.207 e. The van der Waals surface area contributed by atoms with Crippen LogP contribution in [-0.2, 0) is 6.42 Å². The molecule has 0 nitrogen and oxygen atoms in total. The summed E-state index contributed by atoms with van der Waals surface area (Å²) in [5, 5.41) is 0. The van der Waals surface area contributed by atoms with Gasteiger partial charge in [-0.1, -0.05) is 87.1 Å². The van der Waals surface area contributed by atoms with Crippen molar-refractivity contribution in [2.45, 2.75) is 73.6 Å². The van der Waals surface area contributed by atoms with Crippen LogP contribution < -0.4 is 0 Å². The highest BCUT2D eigenvalue weighted by Gasteiger charge is 2.13. The molecule has 0 aliphatic heterocycles. The Kier molecular flexibility index (Phi) is 10.9. The molecule has 3 aromatic carbocycles. The third-order valence-electron chi connectivity index (χ3n) is 6.47. The Balaban J connectivity index is 0.000000210. The minimum absolute atomic E-state index is 0.0110. The standard InChI is InChI=1S/C15H13F3.C8H16.C8H10/c1-9-3-4-12(15(18)5-9)6-11-7-13(16)10(2)14(17)8-11;2*1-7-3-5-8(2)6-4-7/h3-5,7-8H,6H2,1-2H3;7-8H,3-6H2,1-2H3;3-6H,1-2H3. The number of aryl methyl sites for hydroxylation is 3. The highest BCUT2D eigenvalue weighted by atomic mass is 19.1. The van der Waals surface area contributed by atoms with Crippen LogP contribution in [0.3, 0.4) is 0 Å². The van der Waals surface area contributed by atoms with Crippen LogP contribution in [-0.4, -0.2) is 0 Å². The molecule has 0 atom stereocenters. The van der Waals surface area contributed by atoms with E-state index in [-0.39, 0.29) is 17.8 Å². The van der Waals surface area contributed by atoms with Crippen LogP contribution in [0, 0.1) is 57.0 Å². The third-order valence-corrected chi connectivity index (χ3v) is 6.47. The zero-order valence-electron chi connectivity index (χ0n) is 21.5. The lowest BCUT2D eigenvalue weighted by atomic mass is 9.84. The van der Waals surface area contributed by atoms with Gasteiger partial charge in [0, 0.05) is 12.0 Å². The van der Waals surface area contributed by atoms with E-state index in [0.717, 1.165) is 17.4 Å². The van der Waals surface area contributed by atoms with E-state index in [1.54, 1.807) is 19.1 Å². The highest BCUT2D eigenvalue weighted by molar-refractivity contribution is 5.32. The minimum Gasteiger partial charge on any atom is -0.207 e. The van der Waals surface area contributed by atoms with Crippen molar-refractivity contribution in [3.8, 4) is 0 Å². The summed E-state index contributed by atoms with van der Waals surface area (Å²) in [4.78, 5) is 0. The van der Waals surface area contributed by atoms with Gasteiger partial charge in [-0.2, -0.15) is 0 Å². The van der Waals surface area contributed by atoms with Crippen LogP contribution in [0.25, 0.3) is 0 Å². The molecule has 1 saturated carbocycles. The molecule has 1 aliphatic rings. The van der Waals surface area contributed by atoms with Crippen LogP contribution in [0.5, 0.6) is 0 Å². The summed E-state index contributed by atoms with van der Waals surface area (Å²) in [5.74, 6) is 0.490. The number of hydrogen-bond donors (Lipinski definition) is 0. The zero-order valence-corrected chi connectivity index (χ0v) is 21.5. The Morgan fingerprint density at radius 1 is 0.588 bits per heavy atom. The monoisotopic (exact) mass is 468 g/mol. The number of benzene rings is 3. The molecule has 1 aliphatic carbocycles. The molecule has 0 unspecified atom stereocenters. The van der Waals surface area contributed by atoms with Gasteiger partial charge in [-0.3, -0.25) is 0 Å². The summed E-state index contributed by atoms with van der Waals surface area (Å²) in [7, 11) is 0. The van der Waals surface area contributed by atoms with E-state index < -0.39 is 11.6 Å². The van der Waals surface area contributed by atoms with Crippen LogP contribution in [0.15, 0.2) is 54.6 Å². The molecule has 0 aromatic heterocycles. The second-order valence-corrected chi connectivity index (χ2v) is 9.98. The molecule has 34 heavy (non-hydrogen) atoms. The normalized spacial score (nSPS) is 17.2. The number of halogens is 3. The van der Waals surface area contributed by atoms with Crippen molar-refractivity contribution >= 4 is 0 Å². The molecule has 0 heterocycles. The lowest BCUT2D eigenvalue weighted by Gasteiger charge is -2.22. The molecule has 0 N–H and O–H groups in total. The van der Waals surface area contributed by atoms with E-state index in [1.807, 2.05) is 0 Å². The molecule has 0 bridgehead atoms. The first-order valence-corrected chi connectivity index (χ1v) is 12.3. The highest BCUT2D eigenvalue weighted by Crippen LogP contribution is 2.27. The summed E-state index contributed by atoms with van der Waals surface area (Å²) in [6.07, 6.45) is 6.07. The molecule has 0 spiro atoms. The summed E-state index contributed by atoms with van der Waals surface area (Å²) < 4.78 is 40.4. The van der Waals surface area contributed by atoms with Crippen molar-refractivity contribution in [1.82, 2.24) is 0 Å². The number of hydrogen-bond acceptors (Lipinski definition) is 0. The average molecular weight is 469 g/mol. The van der Waals surface area contributed by atoms with Crippen LogP contribution in [0.2, 0.25) is 0 Å². The molecule has 3 aromatic rings. The SMILES string of the molecule is CC1CCC(C)CC1.Cc1ccc(C)cc1.Cc1ccc(Cc2cc(F)c(C)c(F)c2)c(F)c1. The second kappa shape index (κ2) is 13.4. The molecule has 1 fully saturated rings. The van der Waals surface area contributed by atoms with Crippen molar-refractivity contribution in [1.29, 1.82) is 0 Å². The predicted octanol–water partition coefficient (Wildman–Crippen LogP) is 9.45. The van der Waals surface area contributed by atoms with Gasteiger partial charge < -0.3 is 0 Å². The molecule has 184 valence electrons. The fraction of sp³-hybridized carbons (Fsp3) is 0.419. The lowest BCUT2D eigenvalue weighted by Crippen LogP contribution is -2.08. The van der Waals surface area contributed by atoms with Gasteiger partial charge in [0.2, 0.25) is 0 Å². The van der Waals surface area contributed by atoms with Gasteiger partial charge >= 0.3 is 0 Å².